The van der Waals surface area contributed by atoms with Gasteiger partial charge in [0, 0.05) is 40.8 Å². The van der Waals surface area contributed by atoms with E-state index in [1.165, 1.54) is 6.07 Å². The minimum absolute atomic E-state index is 0. The normalized spacial score (nSPS) is 17.2. The molecule has 1 unspecified atom stereocenters. The molecule has 0 aliphatic carbocycles. The number of carbonyl (C=O) groups is 1. The molecule has 1 aromatic carbocycles. The molecule has 1 saturated heterocycles. The topological polar surface area (TPSA) is 60.0 Å². The summed E-state index contributed by atoms with van der Waals surface area (Å²) >= 11 is 0. The second kappa shape index (κ2) is 12.2. The molecule has 1 fully saturated rings. The zero-order chi connectivity index (χ0) is 19.8. The maximum absolute atomic E-state index is 13.3. The molecule has 1 aromatic rings. The number of aryl methyl sites for hydroxylation is 1. The number of benzene rings is 1. The largest absolute Gasteiger partial charge is 0.356 e. The Balaban J connectivity index is 0.00000392. The van der Waals surface area contributed by atoms with Crippen LogP contribution in [0.15, 0.2) is 23.2 Å². The zero-order valence-electron chi connectivity index (χ0n) is 17.3. The number of carbonyl (C=O) groups excluding carboxylic acids is 1. The lowest BCUT2D eigenvalue weighted by molar-refractivity contribution is -0.133. The summed E-state index contributed by atoms with van der Waals surface area (Å²) in [5.74, 6) is 0.737. The van der Waals surface area contributed by atoms with Gasteiger partial charge in [-0.3, -0.25) is 14.7 Å². The first-order valence-corrected chi connectivity index (χ1v) is 9.57. The van der Waals surface area contributed by atoms with Crippen molar-refractivity contribution in [2.45, 2.75) is 38.8 Å². The van der Waals surface area contributed by atoms with Gasteiger partial charge in [0.15, 0.2) is 5.96 Å². The van der Waals surface area contributed by atoms with E-state index in [1.807, 2.05) is 20.2 Å². The second-order valence-electron chi connectivity index (χ2n) is 7.22. The molecule has 1 aliphatic rings. The molecule has 1 aliphatic heterocycles. The third kappa shape index (κ3) is 7.20. The van der Waals surface area contributed by atoms with Crippen molar-refractivity contribution in [1.29, 1.82) is 0 Å². The van der Waals surface area contributed by atoms with Crippen molar-refractivity contribution < 1.29 is 9.18 Å². The van der Waals surface area contributed by atoms with Crippen LogP contribution >= 0.6 is 24.0 Å². The van der Waals surface area contributed by atoms with E-state index >= 15 is 0 Å². The highest BCUT2D eigenvalue weighted by atomic mass is 127. The maximum atomic E-state index is 13.3. The van der Waals surface area contributed by atoms with Gasteiger partial charge < -0.3 is 15.5 Å². The summed E-state index contributed by atoms with van der Waals surface area (Å²) < 4.78 is 13.3. The van der Waals surface area contributed by atoms with Gasteiger partial charge in [-0.1, -0.05) is 12.1 Å². The van der Waals surface area contributed by atoms with Crippen LogP contribution < -0.4 is 10.6 Å². The van der Waals surface area contributed by atoms with Crippen LogP contribution in [0.3, 0.4) is 0 Å². The Morgan fingerprint density at radius 1 is 1.36 bits per heavy atom. The van der Waals surface area contributed by atoms with Gasteiger partial charge in [0.25, 0.3) is 0 Å². The number of rotatable bonds is 7. The molecule has 0 aromatic heterocycles. The van der Waals surface area contributed by atoms with E-state index < -0.39 is 0 Å². The van der Waals surface area contributed by atoms with Gasteiger partial charge in [-0.15, -0.1) is 24.0 Å². The second-order valence-corrected chi connectivity index (χ2v) is 7.22. The number of halogens is 2. The Morgan fingerprint density at radius 2 is 2.11 bits per heavy atom. The standard InChI is InChI=1S/C20H32FN5O.HI/c1-15-13-16(8-9-17(15)21)14-24-20(22-2)23-10-6-12-26-11-5-7-18(26)19(27)25(3)4;/h8-9,13,18H,5-7,10-12,14H2,1-4H3,(H2,22,23,24);1H. The van der Waals surface area contributed by atoms with Crippen LogP contribution in [0.25, 0.3) is 0 Å². The van der Waals surface area contributed by atoms with Crippen LogP contribution in [-0.2, 0) is 11.3 Å². The summed E-state index contributed by atoms with van der Waals surface area (Å²) in [5.41, 5.74) is 1.66. The molecule has 0 bridgehead atoms. The van der Waals surface area contributed by atoms with Crippen LogP contribution in [0.2, 0.25) is 0 Å². The molecule has 2 rings (SSSR count). The van der Waals surface area contributed by atoms with Crippen LogP contribution in [-0.4, -0.2) is 68.5 Å². The highest BCUT2D eigenvalue weighted by molar-refractivity contribution is 14.0. The molecular weight excluding hydrogens is 472 g/mol. The fraction of sp³-hybridized carbons (Fsp3) is 0.600. The summed E-state index contributed by atoms with van der Waals surface area (Å²) in [6.45, 7) is 5.01. The summed E-state index contributed by atoms with van der Waals surface area (Å²) in [4.78, 5) is 20.4. The smallest absolute Gasteiger partial charge is 0.239 e. The first-order valence-electron chi connectivity index (χ1n) is 9.57. The number of hydrogen-bond acceptors (Lipinski definition) is 3. The number of guanidine groups is 1. The van der Waals surface area contributed by atoms with Crippen LogP contribution in [0.1, 0.15) is 30.4 Å². The summed E-state index contributed by atoms with van der Waals surface area (Å²) in [5, 5.41) is 6.54. The van der Waals surface area contributed by atoms with Crippen LogP contribution in [0, 0.1) is 12.7 Å². The first-order chi connectivity index (χ1) is 12.9. The number of nitrogens with zero attached hydrogens (tertiary/aromatic N) is 3. The van der Waals surface area contributed by atoms with E-state index in [9.17, 15) is 9.18 Å². The molecule has 158 valence electrons. The van der Waals surface area contributed by atoms with Crippen molar-refractivity contribution >= 4 is 35.8 Å². The predicted molar refractivity (Wildman–Crippen MR) is 123 cm³/mol. The van der Waals surface area contributed by atoms with Crippen molar-refractivity contribution in [2.75, 3.05) is 40.8 Å². The monoisotopic (exact) mass is 505 g/mol. The molecule has 2 N–H and O–H groups in total. The fourth-order valence-corrected chi connectivity index (χ4v) is 3.38. The van der Waals surface area contributed by atoms with Crippen molar-refractivity contribution in [1.82, 2.24) is 20.4 Å². The minimum atomic E-state index is -0.186. The van der Waals surface area contributed by atoms with Crippen molar-refractivity contribution in [2.24, 2.45) is 4.99 Å². The Kier molecular flexibility index (Phi) is 10.7. The third-order valence-electron chi connectivity index (χ3n) is 4.91. The van der Waals surface area contributed by atoms with Gasteiger partial charge in [0.1, 0.15) is 5.82 Å². The lowest BCUT2D eigenvalue weighted by Crippen LogP contribution is -2.44. The summed E-state index contributed by atoms with van der Waals surface area (Å²) in [7, 11) is 5.37. The van der Waals surface area contributed by atoms with E-state index in [1.54, 1.807) is 24.9 Å². The first kappa shape index (κ1) is 24.6. The molecule has 0 saturated carbocycles. The SMILES string of the molecule is CN=C(NCCCN1CCCC1C(=O)N(C)C)NCc1ccc(F)c(C)c1.I. The molecule has 1 heterocycles. The summed E-state index contributed by atoms with van der Waals surface area (Å²) in [6.07, 6.45) is 2.97. The molecule has 8 heteroatoms. The van der Waals surface area contributed by atoms with E-state index in [2.05, 4.69) is 20.5 Å². The van der Waals surface area contributed by atoms with E-state index in [4.69, 9.17) is 0 Å². The Bertz CT molecular complexity index is 668. The quantitative estimate of drug-likeness (QED) is 0.259. The number of nitrogens with one attached hydrogen (secondary N) is 2. The van der Waals surface area contributed by atoms with Gasteiger partial charge >= 0.3 is 0 Å². The van der Waals surface area contributed by atoms with Crippen molar-refractivity contribution in [3.63, 3.8) is 0 Å². The number of amides is 1. The fourth-order valence-electron chi connectivity index (χ4n) is 3.38. The average Bonchev–Trinajstić information content (AvgIpc) is 3.11. The number of likely N-dealkylation sites (tertiary alicyclic amines) is 1. The average molecular weight is 505 g/mol. The highest BCUT2D eigenvalue weighted by Gasteiger charge is 2.30. The molecule has 0 radical (unpaired) electrons. The molecule has 6 nitrogen and oxygen atoms in total. The van der Waals surface area contributed by atoms with E-state index in [0.717, 1.165) is 50.4 Å². The van der Waals surface area contributed by atoms with E-state index in [-0.39, 0.29) is 41.7 Å². The van der Waals surface area contributed by atoms with Gasteiger partial charge in [-0.05, 0) is 49.9 Å². The Labute approximate surface area is 185 Å². The lowest BCUT2D eigenvalue weighted by atomic mass is 10.1. The summed E-state index contributed by atoms with van der Waals surface area (Å²) in [6, 6.07) is 5.13. The molecular formula is C20H33FIN5O. The number of aliphatic imine (C=N–C) groups is 1. The highest BCUT2D eigenvalue weighted by Crippen LogP contribution is 2.18. The number of likely N-dealkylation sites (N-methyl/N-ethyl adjacent to an activating group) is 1. The predicted octanol–water partition coefficient (Wildman–Crippen LogP) is 2.36. The Morgan fingerprint density at radius 3 is 2.75 bits per heavy atom. The zero-order valence-corrected chi connectivity index (χ0v) is 19.6. The third-order valence-corrected chi connectivity index (χ3v) is 4.91. The van der Waals surface area contributed by atoms with Gasteiger partial charge in [0.2, 0.25) is 5.91 Å². The maximum Gasteiger partial charge on any atom is 0.239 e. The molecule has 1 amide bonds. The van der Waals surface area contributed by atoms with E-state index in [0.29, 0.717) is 12.1 Å². The van der Waals surface area contributed by atoms with Crippen LogP contribution in [0.4, 0.5) is 4.39 Å². The van der Waals surface area contributed by atoms with Gasteiger partial charge in [0.05, 0.1) is 6.04 Å². The molecule has 0 spiro atoms. The van der Waals surface area contributed by atoms with Crippen LogP contribution in [0.5, 0.6) is 0 Å². The Hall–Kier alpha value is -1.42. The van der Waals surface area contributed by atoms with Crippen molar-refractivity contribution in [3.05, 3.63) is 35.1 Å². The number of hydrogen-bond donors (Lipinski definition) is 2. The van der Waals surface area contributed by atoms with Gasteiger partial charge in [-0.2, -0.15) is 0 Å². The lowest BCUT2D eigenvalue weighted by Gasteiger charge is -2.26. The van der Waals surface area contributed by atoms with Gasteiger partial charge in [-0.25, -0.2) is 4.39 Å². The minimum Gasteiger partial charge on any atom is -0.356 e. The molecule has 1 atom stereocenters. The molecule has 28 heavy (non-hydrogen) atoms. The van der Waals surface area contributed by atoms with Crippen molar-refractivity contribution in [3.8, 4) is 0 Å².